The molecule has 1 aliphatic heterocycles. The molecule has 9 heteroatoms. The molecule has 1 amide bonds. The van der Waals surface area contributed by atoms with Crippen LogP contribution in [0.4, 0.5) is 13.2 Å². The number of rotatable bonds is 4. The second-order valence-corrected chi connectivity index (χ2v) is 5.50. The first kappa shape index (κ1) is 17.3. The molecule has 6 nitrogen and oxygen atoms in total. The molecule has 1 unspecified atom stereocenters. The molecule has 1 atom stereocenters. The normalized spacial score (nSPS) is 19.5. The molecule has 2 heterocycles. The van der Waals surface area contributed by atoms with Crippen LogP contribution >= 0.6 is 0 Å². The van der Waals surface area contributed by atoms with Crippen LogP contribution in [0.2, 0.25) is 0 Å². The van der Waals surface area contributed by atoms with Gasteiger partial charge in [-0.25, -0.2) is 0 Å². The zero-order valence-electron chi connectivity index (χ0n) is 12.2. The van der Waals surface area contributed by atoms with Crippen molar-refractivity contribution in [3.8, 4) is 5.75 Å². The second-order valence-electron chi connectivity index (χ2n) is 5.50. The highest BCUT2D eigenvalue weighted by Gasteiger charge is 2.31. The van der Waals surface area contributed by atoms with Gasteiger partial charge in [0.05, 0.1) is 12.5 Å². The summed E-state index contributed by atoms with van der Waals surface area (Å²) in [6.07, 6.45) is -2.32. The van der Waals surface area contributed by atoms with Crippen LogP contribution in [0, 0.1) is 5.92 Å². The first-order valence-electron chi connectivity index (χ1n) is 7.12. The van der Waals surface area contributed by atoms with Crippen LogP contribution < -0.4 is 10.7 Å². The van der Waals surface area contributed by atoms with E-state index < -0.39 is 35.7 Å². The topological polar surface area (TPSA) is 82.8 Å². The summed E-state index contributed by atoms with van der Waals surface area (Å²) in [6.45, 7) is -0.157. The number of aromatic hydroxyl groups is 1. The molecule has 2 rings (SSSR count). The maximum absolute atomic E-state index is 12.1. The maximum atomic E-state index is 12.1. The standard InChI is InChI=1S/C14H17F3N2O4/c15-14(16,17)8-18-13(22)9-2-1-3-19(5-9)6-10-4-11(20)12(21)7-23-10/h4,7,9,21H,1-3,5-6,8H2,(H,18,22). The number of nitrogens with zero attached hydrogens (tertiary/aromatic N) is 1. The number of alkyl halides is 3. The van der Waals surface area contributed by atoms with Crippen molar-refractivity contribution in [2.24, 2.45) is 5.92 Å². The van der Waals surface area contributed by atoms with E-state index >= 15 is 0 Å². The Balaban J connectivity index is 1.91. The van der Waals surface area contributed by atoms with Gasteiger partial charge < -0.3 is 14.8 Å². The van der Waals surface area contributed by atoms with E-state index in [1.807, 2.05) is 10.2 Å². The summed E-state index contributed by atoms with van der Waals surface area (Å²) in [5.41, 5.74) is -0.567. The molecule has 1 fully saturated rings. The van der Waals surface area contributed by atoms with Gasteiger partial charge in [-0.1, -0.05) is 0 Å². The molecular weight excluding hydrogens is 317 g/mol. The lowest BCUT2D eigenvalue weighted by atomic mass is 9.97. The van der Waals surface area contributed by atoms with Gasteiger partial charge >= 0.3 is 6.18 Å². The number of hydrogen-bond acceptors (Lipinski definition) is 5. The molecule has 1 aromatic rings. The van der Waals surface area contributed by atoms with Gasteiger partial charge in [0, 0.05) is 12.6 Å². The van der Waals surface area contributed by atoms with E-state index in [9.17, 15) is 22.8 Å². The minimum Gasteiger partial charge on any atom is -0.502 e. The van der Waals surface area contributed by atoms with E-state index in [1.54, 1.807) is 0 Å². The Morgan fingerprint density at radius 3 is 2.87 bits per heavy atom. The van der Waals surface area contributed by atoms with Crippen molar-refractivity contribution in [2.75, 3.05) is 19.6 Å². The molecule has 1 aromatic heterocycles. The second kappa shape index (κ2) is 7.03. The number of piperidine rings is 1. The summed E-state index contributed by atoms with van der Waals surface area (Å²) < 4.78 is 41.5. The van der Waals surface area contributed by atoms with E-state index in [4.69, 9.17) is 9.52 Å². The van der Waals surface area contributed by atoms with E-state index in [2.05, 4.69) is 0 Å². The monoisotopic (exact) mass is 334 g/mol. The molecule has 1 aliphatic rings. The van der Waals surface area contributed by atoms with Crippen LogP contribution in [0.25, 0.3) is 0 Å². The van der Waals surface area contributed by atoms with E-state index in [-0.39, 0.29) is 13.1 Å². The van der Waals surface area contributed by atoms with Gasteiger partial charge in [0.25, 0.3) is 0 Å². The van der Waals surface area contributed by atoms with Crippen molar-refractivity contribution in [1.82, 2.24) is 10.2 Å². The van der Waals surface area contributed by atoms with Crippen molar-refractivity contribution in [2.45, 2.75) is 25.6 Å². The molecule has 0 saturated carbocycles. The smallest absolute Gasteiger partial charge is 0.405 e. The molecule has 0 aliphatic carbocycles. The van der Waals surface area contributed by atoms with Gasteiger partial charge in [0.1, 0.15) is 18.6 Å². The lowest BCUT2D eigenvalue weighted by Crippen LogP contribution is -2.44. The number of carbonyl (C=O) groups excluding carboxylic acids is 1. The Labute approximate surface area is 129 Å². The van der Waals surface area contributed by atoms with Gasteiger partial charge in [0.2, 0.25) is 11.3 Å². The minimum absolute atomic E-state index is 0.249. The van der Waals surface area contributed by atoms with E-state index in [1.165, 1.54) is 0 Å². The van der Waals surface area contributed by atoms with Crippen LogP contribution in [-0.4, -0.2) is 41.7 Å². The van der Waals surface area contributed by atoms with Gasteiger partial charge in [-0.3, -0.25) is 14.5 Å². The molecule has 0 radical (unpaired) electrons. The molecule has 0 bridgehead atoms. The number of nitrogens with one attached hydrogen (secondary N) is 1. The predicted octanol–water partition coefficient (Wildman–Crippen LogP) is 1.24. The molecular formula is C14H17F3N2O4. The third kappa shape index (κ3) is 5.27. The highest BCUT2D eigenvalue weighted by atomic mass is 19.4. The number of hydrogen-bond donors (Lipinski definition) is 2. The summed E-state index contributed by atoms with van der Waals surface area (Å²) in [7, 11) is 0. The Morgan fingerprint density at radius 1 is 1.48 bits per heavy atom. The average Bonchev–Trinajstić information content (AvgIpc) is 2.48. The number of amides is 1. The van der Waals surface area contributed by atoms with Crippen molar-refractivity contribution in [3.63, 3.8) is 0 Å². The van der Waals surface area contributed by atoms with Crippen LogP contribution in [0.5, 0.6) is 5.75 Å². The fraction of sp³-hybridized carbons (Fsp3) is 0.571. The minimum atomic E-state index is -4.43. The van der Waals surface area contributed by atoms with E-state index in [0.717, 1.165) is 12.3 Å². The van der Waals surface area contributed by atoms with Crippen LogP contribution in [0.3, 0.4) is 0 Å². The fourth-order valence-electron chi connectivity index (χ4n) is 2.49. The van der Waals surface area contributed by atoms with Gasteiger partial charge in [0.15, 0.2) is 5.75 Å². The zero-order valence-corrected chi connectivity index (χ0v) is 12.2. The number of likely N-dealkylation sites (tertiary alicyclic amines) is 1. The molecule has 0 spiro atoms. The third-order valence-corrected chi connectivity index (χ3v) is 3.59. The Morgan fingerprint density at radius 2 is 2.22 bits per heavy atom. The van der Waals surface area contributed by atoms with Crippen LogP contribution in [0.1, 0.15) is 18.6 Å². The average molecular weight is 334 g/mol. The number of halogens is 3. The highest BCUT2D eigenvalue weighted by molar-refractivity contribution is 5.79. The SMILES string of the molecule is O=C(NCC(F)(F)F)C1CCCN(Cc2cc(=O)c(O)co2)C1. The number of carbonyl (C=O) groups is 1. The first-order chi connectivity index (χ1) is 10.7. The van der Waals surface area contributed by atoms with Crippen molar-refractivity contribution < 1.29 is 27.5 Å². The lowest BCUT2D eigenvalue weighted by molar-refractivity contribution is -0.141. The largest absolute Gasteiger partial charge is 0.502 e. The van der Waals surface area contributed by atoms with Crippen molar-refractivity contribution >= 4 is 5.91 Å². The highest BCUT2D eigenvalue weighted by Crippen LogP contribution is 2.20. The first-order valence-corrected chi connectivity index (χ1v) is 7.12. The summed E-state index contributed by atoms with van der Waals surface area (Å²) >= 11 is 0. The molecule has 2 N–H and O–H groups in total. The van der Waals surface area contributed by atoms with E-state index in [0.29, 0.717) is 25.1 Å². The van der Waals surface area contributed by atoms with Gasteiger partial charge in [-0.05, 0) is 19.4 Å². The summed E-state index contributed by atoms with van der Waals surface area (Å²) in [6, 6.07) is 1.16. The third-order valence-electron chi connectivity index (χ3n) is 3.59. The van der Waals surface area contributed by atoms with Crippen molar-refractivity contribution in [1.29, 1.82) is 0 Å². The lowest BCUT2D eigenvalue weighted by Gasteiger charge is -2.31. The summed E-state index contributed by atoms with van der Waals surface area (Å²) in [4.78, 5) is 25.0. The Bertz CT molecular complexity index is 615. The van der Waals surface area contributed by atoms with Crippen molar-refractivity contribution in [3.05, 3.63) is 28.3 Å². The maximum Gasteiger partial charge on any atom is 0.405 e. The molecule has 128 valence electrons. The van der Waals surface area contributed by atoms with Gasteiger partial charge in [-0.15, -0.1) is 0 Å². The zero-order chi connectivity index (χ0) is 17.0. The summed E-state index contributed by atoms with van der Waals surface area (Å²) in [5.74, 6) is -1.32. The fourth-order valence-corrected chi connectivity index (χ4v) is 2.49. The Kier molecular flexibility index (Phi) is 5.30. The molecule has 0 aromatic carbocycles. The van der Waals surface area contributed by atoms with Gasteiger partial charge in [-0.2, -0.15) is 13.2 Å². The van der Waals surface area contributed by atoms with Crippen LogP contribution in [0.15, 0.2) is 21.5 Å². The summed E-state index contributed by atoms with van der Waals surface area (Å²) in [5, 5.41) is 11.0. The predicted molar refractivity (Wildman–Crippen MR) is 73.7 cm³/mol. The Hall–Kier alpha value is -2.03. The molecule has 23 heavy (non-hydrogen) atoms. The quantitative estimate of drug-likeness (QED) is 0.866. The molecule has 1 saturated heterocycles. The van der Waals surface area contributed by atoms with Crippen LogP contribution in [-0.2, 0) is 11.3 Å².